The summed E-state index contributed by atoms with van der Waals surface area (Å²) in [7, 11) is 0. The summed E-state index contributed by atoms with van der Waals surface area (Å²) in [6.45, 7) is 7.82. The molecule has 0 bridgehead atoms. The van der Waals surface area contributed by atoms with Crippen LogP contribution in [-0.4, -0.2) is 16.2 Å². The van der Waals surface area contributed by atoms with E-state index >= 15 is 0 Å². The highest BCUT2D eigenvalue weighted by Crippen LogP contribution is 2.29. The molecule has 0 atom stereocenters. The Morgan fingerprint density at radius 2 is 2.16 bits per heavy atom. The second kappa shape index (κ2) is 6.24. The molecule has 2 aromatic rings. The molecule has 102 valence electrons. The molecule has 0 amide bonds. The molecular formula is C15H19BrN2O. The Morgan fingerprint density at radius 1 is 1.37 bits per heavy atom. The van der Waals surface area contributed by atoms with Crippen LogP contribution >= 0.6 is 15.9 Å². The van der Waals surface area contributed by atoms with E-state index in [0.717, 1.165) is 22.6 Å². The summed E-state index contributed by atoms with van der Waals surface area (Å²) in [5.41, 5.74) is 1.23. The van der Waals surface area contributed by atoms with Gasteiger partial charge in [-0.3, -0.25) is 0 Å². The number of ether oxygens (including phenoxy) is 1. The average Bonchev–Trinajstić information content (AvgIpc) is 2.77. The van der Waals surface area contributed by atoms with Gasteiger partial charge in [-0.25, -0.2) is 4.98 Å². The van der Waals surface area contributed by atoms with Gasteiger partial charge in [0.2, 0.25) is 0 Å². The molecule has 0 N–H and O–H groups in total. The number of aryl methyl sites for hydroxylation is 1. The van der Waals surface area contributed by atoms with Gasteiger partial charge in [-0.1, -0.05) is 29.8 Å². The van der Waals surface area contributed by atoms with E-state index in [1.807, 2.05) is 31.5 Å². The third kappa shape index (κ3) is 3.60. The van der Waals surface area contributed by atoms with E-state index in [1.54, 1.807) is 0 Å². The van der Waals surface area contributed by atoms with Crippen LogP contribution in [0.2, 0.25) is 0 Å². The molecule has 0 aliphatic heterocycles. The van der Waals surface area contributed by atoms with E-state index in [9.17, 15) is 0 Å². The standard InChI is InChI=1S/C15H19BrN2O/c1-11(2)14-10-13(16)4-5-15(14)19-9-8-18-7-6-17-12(18)3/h4-7,10-11H,8-9H2,1-3H3. The minimum atomic E-state index is 0.447. The summed E-state index contributed by atoms with van der Waals surface area (Å²) in [6.07, 6.45) is 3.79. The molecule has 0 aliphatic rings. The van der Waals surface area contributed by atoms with Crippen molar-refractivity contribution in [3.63, 3.8) is 0 Å². The zero-order valence-corrected chi connectivity index (χ0v) is 13.1. The number of nitrogens with zero attached hydrogens (tertiary/aromatic N) is 2. The first-order valence-corrected chi connectivity index (χ1v) is 7.27. The third-order valence-corrected chi connectivity index (χ3v) is 3.60. The molecule has 3 nitrogen and oxygen atoms in total. The zero-order valence-electron chi connectivity index (χ0n) is 11.6. The van der Waals surface area contributed by atoms with E-state index in [2.05, 4.69) is 45.4 Å². The molecule has 0 aliphatic carbocycles. The van der Waals surface area contributed by atoms with Crippen LogP contribution in [0.15, 0.2) is 35.1 Å². The van der Waals surface area contributed by atoms with Crippen molar-refractivity contribution < 1.29 is 4.74 Å². The Morgan fingerprint density at radius 3 is 2.79 bits per heavy atom. The van der Waals surface area contributed by atoms with Crippen molar-refractivity contribution in [2.45, 2.75) is 33.2 Å². The molecule has 2 rings (SSSR count). The van der Waals surface area contributed by atoms with E-state index in [4.69, 9.17) is 4.74 Å². The fourth-order valence-electron chi connectivity index (χ4n) is 2.00. The van der Waals surface area contributed by atoms with E-state index in [0.29, 0.717) is 12.5 Å². The first-order chi connectivity index (χ1) is 9.08. The maximum Gasteiger partial charge on any atom is 0.122 e. The van der Waals surface area contributed by atoms with E-state index in [1.165, 1.54) is 5.56 Å². The van der Waals surface area contributed by atoms with Crippen LogP contribution in [0.5, 0.6) is 5.75 Å². The van der Waals surface area contributed by atoms with Gasteiger partial charge in [-0.15, -0.1) is 0 Å². The molecule has 0 saturated heterocycles. The Balaban J connectivity index is 2.01. The maximum absolute atomic E-state index is 5.91. The highest BCUT2D eigenvalue weighted by atomic mass is 79.9. The summed E-state index contributed by atoms with van der Waals surface area (Å²) < 4.78 is 9.10. The largest absolute Gasteiger partial charge is 0.491 e. The number of hydrogen-bond acceptors (Lipinski definition) is 2. The van der Waals surface area contributed by atoms with Gasteiger partial charge in [-0.05, 0) is 36.6 Å². The van der Waals surface area contributed by atoms with Crippen molar-refractivity contribution in [3.8, 4) is 5.75 Å². The van der Waals surface area contributed by atoms with Crippen LogP contribution in [0.25, 0.3) is 0 Å². The molecule has 0 saturated carbocycles. The van der Waals surface area contributed by atoms with Gasteiger partial charge < -0.3 is 9.30 Å². The molecule has 1 aromatic heterocycles. The first kappa shape index (κ1) is 14.1. The van der Waals surface area contributed by atoms with Gasteiger partial charge >= 0.3 is 0 Å². The number of benzene rings is 1. The number of aromatic nitrogens is 2. The predicted molar refractivity (Wildman–Crippen MR) is 80.7 cm³/mol. The Hall–Kier alpha value is -1.29. The minimum absolute atomic E-state index is 0.447. The monoisotopic (exact) mass is 322 g/mol. The van der Waals surface area contributed by atoms with Gasteiger partial charge in [-0.2, -0.15) is 0 Å². The number of imidazole rings is 1. The van der Waals surface area contributed by atoms with Crippen molar-refractivity contribution in [1.82, 2.24) is 9.55 Å². The van der Waals surface area contributed by atoms with Gasteiger partial charge in [0, 0.05) is 16.9 Å². The topological polar surface area (TPSA) is 27.1 Å². The average molecular weight is 323 g/mol. The van der Waals surface area contributed by atoms with Crippen LogP contribution in [0.1, 0.15) is 31.2 Å². The SMILES string of the molecule is Cc1nccn1CCOc1ccc(Br)cc1C(C)C. The lowest BCUT2D eigenvalue weighted by Gasteiger charge is -2.15. The highest BCUT2D eigenvalue weighted by molar-refractivity contribution is 9.10. The summed E-state index contributed by atoms with van der Waals surface area (Å²) in [5, 5.41) is 0. The molecule has 4 heteroatoms. The fraction of sp³-hybridized carbons (Fsp3) is 0.400. The van der Waals surface area contributed by atoms with Gasteiger partial charge in [0.05, 0.1) is 6.54 Å². The molecular weight excluding hydrogens is 304 g/mol. The lowest BCUT2D eigenvalue weighted by atomic mass is 10.0. The van der Waals surface area contributed by atoms with Crippen molar-refractivity contribution in [2.75, 3.05) is 6.61 Å². The quantitative estimate of drug-likeness (QED) is 0.826. The van der Waals surface area contributed by atoms with Crippen LogP contribution < -0.4 is 4.74 Å². The van der Waals surface area contributed by atoms with Crippen LogP contribution in [-0.2, 0) is 6.54 Å². The van der Waals surface area contributed by atoms with Crippen LogP contribution in [0.3, 0.4) is 0 Å². The first-order valence-electron chi connectivity index (χ1n) is 6.48. The number of halogens is 1. The van der Waals surface area contributed by atoms with Crippen molar-refractivity contribution >= 4 is 15.9 Å². The third-order valence-electron chi connectivity index (χ3n) is 3.11. The van der Waals surface area contributed by atoms with E-state index in [-0.39, 0.29) is 0 Å². The van der Waals surface area contributed by atoms with Gasteiger partial charge in [0.25, 0.3) is 0 Å². The van der Waals surface area contributed by atoms with Crippen molar-refractivity contribution in [3.05, 3.63) is 46.5 Å². The minimum Gasteiger partial charge on any atom is -0.491 e. The van der Waals surface area contributed by atoms with Gasteiger partial charge in [0.1, 0.15) is 18.2 Å². The molecule has 0 fully saturated rings. The summed E-state index contributed by atoms with van der Waals surface area (Å²) in [5.74, 6) is 2.43. The van der Waals surface area contributed by atoms with Gasteiger partial charge in [0.15, 0.2) is 0 Å². The zero-order chi connectivity index (χ0) is 13.8. The molecule has 0 unspecified atom stereocenters. The lowest BCUT2D eigenvalue weighted by Crippen LogP contribution is -2.10. The number of hydrogen-bond donors (Lipinski definition) is 0. The predicted octanol–water partition coefficient (Wildman–Crippen LogP) is 4.16. The molecule has 0 spiro atoms. The Labute approximate surface area is 122 Å². The molecule has 1 heterocycles. The van der Waals surface area contributed by atoms with E-state index < -0.39 is 0 Å². The maximum atomic E-state index is 5.91. The fourth-order valence-corrected chi connectivity index (χ4v) is 2.37. The second-order valence-corrected chi connectivity index (χ2v) is 5.77. The molecule has 0 radical (unpaired) electrons. The molecule has 1 aromatic carbocycles. The second-order valence-electron chi connectivity index (χ2n) is 4.85. The number of rotatable bonds is 5. The summed E-state index contributed by atoms with van der Waals surface area (Å²) in [4.78, 5) is 4.20. The smallest absolute Gasteiger partial charge is 0.122 e. The Bertz CT molecular complexity index is 549. The van der Waals surface area contributed by atoms with Crippen molar-refractivity contribution in [1.29, 1.82) is 0 Å². The summed E-state index contributed by atoms with van der Waals surface area (Å²) in [6, 6.07) is 6.17. The van der Waals surface area contributed by atoms with Crippen LogP contribution in [0, 0.1) is 6.92 Å². The highest BCUT2D eigenvalue weighted by Gasteiger charge is 2.08. The van der Waals surface area contributed by atoms with Crippen LogP contribution in [0.4, 0.5) is 0 Å². The lowest BCUT2D eigenvalue weighted by molar-refractivity contribution is 0.293. The van der Waals surface area contributed by atoms with Crippen molar-refractivity contribution in [2.24, 2.45) is 0 Å². The Kier molecular flexibility index (Phi) is 4.64. The molecule has 19 heavy (non-hydrogen) atoms. The summed E-state index contributed by atoms with van der Waals surface area (Å²) >= 11 is 3.51. The normalized spacial score (nSPS) is 11.0.